The summed E-state index contributed by atoms with van der Waals surface area (Å²) in [6.07, 6.45) is 5.41. The predicted octanol–water partition coefficient (Wildman–Crippen LogP) is 3.33. The smallest absolute Gasteiger partial charge is 0.128 e. The van der Waals surface area contributed by atoms with E-state index < -0.39 is 0 Å². The normalized spacial score (nSPS) is 17.9. The number of hydrogen-bond acceptors (Lipinski definition) is 4. The topological polar surface area (TPSA) is 28.2 Å². The van der Waals surface area contributed by atoms with Crippen LogP contribution in [0.1, 0.15) is 24.6 Å². The molecule has 0 spiro atoms. The summed E-state index contributed by atoms with van der Waals surface area (Å²) < 4.78 is 0. The van der Waals surface area contributed by atoms with Gasteiger partial charge < -0.3 is 10.2 Å². The molecule has 3 heterocycles. The third-order valence-corrected chi connectivity index (χ3v) is 4.97. The Morgan fingerprint density at radius 1 is 1.29 bits per heavy atom. The molecule has 1 aliphatic heterocycles. The molecule has 2 aromatic rings. The van der Waals surface area contributed by atoms with Crippen LogP contribution in [0.25, 0.3) is 0 Å². The summed E-state index contributed by atoms with van der Waals surface area (Å²) in [5, 5.41) is 5.95. The van der Waals surface area contributed by atoms with Crippen molar-refractivity contribution in [2.24, 2.45) is 0 Å². The zero-order valence-electron chi connectivity index (χ0n) is 12.5. The lowest BCUT2D eigenvalue weighted by atomic mass is 10.0. The van der Waals surface area contributed by atoms with E-state index in [-0.39, 0.29) is 0 Å². The fraction of sp³-hybridized carbons (Fsp3) is 0.471. The van der Waals surface area contributed by atoms with Crippen LogP contribution < -0.4 is 10.2 Å². The Labute approximate surface area is 131 Å². The predicted molar refractivity (Wildman–Crippen MR) is 90.1 cm³/mol. The lowest BCUT2D eigenvalue weighted by Crippen LogP contribution is -2.46. The van der Waals surface area contributed by atoms with Crippen LogP contribution in [0.5, 0.6) is 0 Å². The number of thiophene rings is 1. The lowest BCUT2D eigenvalue weighted by Gasteiger charge is -2.34. The van der Waals surface area contributed by atoms with Gasteiger partial charge in [0.05, 0.1) is 0 Å². The van der Waals surface area contributed by atoms with Crippen LogP contribution in [0, 0.1) is 0 Å². The number of nitrogens with one attached hydrogen (secondary N) is 1. The van der Waals surface area contributed by atoms with E-state index in [4.69, 9.17) is 0 Å². The van der Waals surface area contributed by atoms with Crippen molar-refractivity contribution in [2.45, 2.75) is 38.3 Å². The molecule has 0 bridgehead atoms. The Morgan fingerprint density at radius 2 is 2.14 bits per heavy atom. The highest BCUT2D eigenvalue weighted by Gasteiger charge is 2.21. The minimum Gasteiger partial charge on any atom is -0.357 e. The van der Waals surface area contributed by atoms with E-state index in [0.717, 1.165) is 25.3 Å². The molecule has 4 heteroatoms. The van der Waals surface area contributed by atoms with Gasteiger partial charge in [-0.25, -0.2) is 4.98 Å². The number of rotatable bonds is 5. The number of piperidine rings is 1. The van der Waals surface area contributed by atoms with Gasteiger partial charge in [0.15, 0.2) is 0 Å². The lowest BCUT2D eigenvalue weighted by molar-refractivity contribution is 0.375. The second-order valence-corrected chi connectivity index (χ2v) is 6.83. The molecule has 1 fully saturated rings. The van der Waals surface area contributed by atoms with Gasteiger partial charge in [-0.1, -0.05) is 12.1 Å². The maximum atomic E-state index is 4.45. The quantitative estimate of drug-likeness (QED) is 0.918. The number of aromatic nitrogens is 1. The largest absolute Gasteiger partial charge is 0.357 e. The third kappa shape index (κ3) is 4.05. The minimum atomic E-state index is 0.551. The van der Waals surface area contributed by atoms with Crippen molar-refractivity contribution < 1.29 is 0 Å². The van der Waals surface area contributed by atoms with Crippen molar-refractivity contribution in [1.29, 1.82) is 0 Å². The van der Waals surface area contributed by atoms with E-state index in [1.807, 2.05) is 23.6 Å². The van der Waals surface area contributed by atoms with Gasteiger partial charge in [0.2, 0.25) is 0 Å². The van der Waals surface area contributed by atoms with Crippen molar-refractivity contribution >= 4 is 17.2 Å². The SMILES string of the molecule is CC(Cc1cccs1)NC1CCN(c2ccccn2)CC1. The first-order chi connectivity index (χ1) is 10.3. The van der Waals surface area contributed by atoms with Gasteiger partial charge in [-0.2, -0.15) is 0 Å². The summed E-state index contributed by atoms with van der Waals surface area (Å²) in [7, 11) is 0. The Bertz CT molecular complexity index is 518. The van der Waals surface area contributed by atoms with Crippen molar-refractivity contribution in [1.82, 2.24) is 10.3 Å². The average Bonchev–Trinajstić information content (AvgIpc) is 3.02. The molecule has 0 aromatic carbocycles. The van der Waals surface area contributed by atoms with E-state index >= 15 is 0 Å². The van der Waals surface area contributed by atoms with Crippen LogP contribution in [-0.4, -0.2) is 30.2 Å². The van der Waals surface area contributed by atoms with Crippen LogP contribution in [0.4, 0.5) is 5.82 Å². The molecular weight excluding hydrogens is 278 g/mol. The van der Waals surface area contributed by atoms with Crippen molar-refractivity contribution in [2.75, 3.05) is 18.0 Å². The molecule has 0 radical (unpaired) electrons. The van der Waals surface area contributed by atoms with E-state index in [9.17, 15) is 0 Å². The summed E-state index contributed by atoms with van der Waals surface area (Å²) in [4.78, 5) is 8.31. The zero-order valence-corrected chi connectivity index (χ0v) is 13.4. The standard InChI is InChI=1S/C17H23N3S/c1-14(13-16-5-4-12-21-16)19-15-7-10-20(11-8-15)17-6-2-3-9-18-17/h2-6,9,12,14-15,19H,7-8,10-11,13H2,1H3. The van der Waals surface area contributed by atoms with Crippen molar-refractivity contribution in [3.8, 4) is 0 Å². The molecule has 0 aliphatic carbocycles. The fourth-order valence-corrected chi connectivity index (χ4v) is 3.84. The van der Waals surface area contributed by atoms with Gasteiger partial charge in [0.1, 0.15) is 5.82 Å². The van der Waals surface area contributed by atoms with Gasteiger partial charge in [0.25, 0.3) is 0 Å². The summed E-state index contributed by atoms with van der Waals surface area (Å²) in [6, 6.07) is 11.7. The molecule has 1 atom stereocenters. The Hall–Kier alpha value is -1.39. The highest BCUT2D eigenvalue weighted by atomic mass is 32.1. The molecule has 3 rings (SSSR count). The van der Waals surface area contributed by atoms with Crippen molar-refractivity contribution in [3.63, 3.8) is 0 Å². The molecule has 3 nitrogen and oxygen atoms in total. The molecule has 1 unspecified atom stereocenters. The van der Waals surface area contributed by atoms with Crippen LogP contribution in [0.3, 0.4) is 0 Å². The summed E-state index contributed by atoms with van der Waals surface area (Å²) >= 11 is 1.85. The zero-order chi connectivity index (χ0) is 14.5. The van der Waals surface area contributed by atoms with Gasteiger partial charge in [-0.3, -0.25) is 0 Å². The number of anilines is 1. The summed E-state index contributed by atoms with van der Waals surface area (Å²) in [5.74, 6) is 1.11. The van der Waals surface area contributed by atoms with Gasteiger partial charge >= 0.3 is 0 Å². The minimum absolute atomic E-state index is 0.551. The van der Waals surface area contributed by atoms with E-state index in [0.29, 0.717) is 12.1 Å². The Morgan fingerprint density at radius 3 is 2.81 bits per heavy atom. The second-order valence-electron chi connectivity index (χ2n) is 5.80. The average molecular weight is 301 g/mol. The van der Waals surface area contributed by atoms with Gasteiger partial charge in [-0.15, -0.1) is 11.3 Å². The molecule has 21 heavy (non-hydrogen) atoms. The van der Waals surface area contributed by atoms with E-state index in [1.165, 1.54) is 17.7 Å². The van der Waals surface area contributed by atoms with E-state index in [1.54, 1.807) is 0 Å². The Kier molecular flexibility index (Phi) is 4.88. The van der Waals surface area contributed by atoms with Crippen molar-refractivity contribution in [3.05, 3.63) is 46.8 Å². The van der Waals surface area contributed by atoms with Crippen LogP contribution in [0.15, 0.2) is 41.9 Å². The molecule has 112 valence electrons. The fourth-order valence-electron chi connectivity index (χ4n) is 3.01. The third-order valence-electron chi connectivity index (χ3n) is 4.08. The van der Waals surface area contributed by atoms with Gasteiger partial charge in [-0.05, 0) is 49.8 Å². The molecule has 1 saturated heterocycles. The molecule has 1 N–H and O–H groups in total. The molecule has 2 aromatic heterocycles. The second kappa shape index (κ2) is 7.05. The molecular formula is C17H23N3S. The summed E-state index contributed by atoms with van der Waals surface area (Å²) in [5.41, 5.74) is 0. The molecule has 0 saturated carbocycles. The highest BCUT2D eigenvalue weighted by Crippen LogP contribution is 2.18. The van der Waals surface area contributed by atoms with Crippen LogP contribution in [0.2, 0.25) is 0 Å². The molecule has 1 aliphatic rings. The monoisotopic (exact) mass is 301 g/mol. The first-order valence-corrected chi connectivity index (χ1v) is 8.63. The van der Waals surface area contributed by atoms with Crippen LogP contribution >= 0.6 is 11.3 Å². The number of pyridine rings is 1. The first kappa shape index (κ1) is 14.5. The Balaban J connectivity index is 1.45. The van der Waals surface area contributed by atoms with E-state index in [2.05, 4.69) is 51.8 Å². The maximum Gasteiger partial charge on any atom is 0.128 e. The number of hydrogen-bond donors (Lipinski definition) is 1. The number of nitrogens with zero attached hydrogens (tertiary/aromatic N) is 2. The first-order valence-electron chi connectivity index (χ1n) is 7.75. The van der Waals surface area contributed by atoms with Crippen LogP contribution in [-0.2, 0) is 6.42 Å². The van der Waals surface area contributed by atoms with Gasteiger partial charge in [0, 0.05) is 36.2 Å². The molecule has 0 amide bonds. The maximum absolute atomic E-state index is 4.45. The highest BCUT2D eigenvalue weighted by molar-refractivity contribution is 7.09. The summed E-state index contributed by atoms with van der Waals surface area (Å²) in [6.45, 7) is 4.49.